The van der Waals surface area contributed by atoms with Crippen molar-refractivity contribution in [2.24, 2.45) is 0 Å². The minimum absolute atomic E-state index is 0.174. The predicted octanol–water partition coefficient (Wildman–Crippen LogP) is 5.32. The second kappa shape index (κ2) is 10.5. The first kappa shape index (κ1) is 24.0. The second-order valence-electron chi connectivity index (χ2n) is 7.84. The number of aliphatic hydroxyl groups excluding tert-OH is 1. The van der Waals surface area contributed by atoms with Crippen molar-refractivity contribution >= 4 is 37.2 Å². The molecule has 27 heavy (non-hydrogen) atoms. The van der Waals surface area contributed by atoms with Gasteiger partial charge in [-0.05, 0) is 34.3 Å². The van der Waals surface area contributed by atoms with E-state index >= 15 is 0 Å². The molecule has 150 valence electrons. The van der Waals surface area contributed by atoms with Crippen LogP contribution in [0, 0.1) is 11.5 Å². The Bertz CT molecular complexity index is 656. The molecule has 1 amide bonds. The van der Waals surface area contributed by atoms with Crippen molar-refractivity contribution in [3.8, 4) is 11.5 Å². The zero-order valence-corrected chi connectivity index (χ0v) is 19.5. The van der Waals surface area contributed by atoms with Crippen LogP contribution < -0.4 is 5.32 Å². The van der Waals surface area contributed by atoms with Gasteiger partial charge in [-0.3, -0.25) is 4.79 Å². The highest BCUT2D eigenvalue weighted by molar-refractivity contribution is 6.90. The highest BCUT2D eigenvalue weighted by Crippen LogP contribution is 2.40. The number of halogens is 2. The number of benzene rings is 1. The summed E-state index contributed by atoms with van der Waals surface area (Å²) in [6.07, 6.45) is -0.958. The van der Waals surface area contributed by atoms with Gasteiger partial charge in [-0.2, -0.15) is 0 Å². The molecule has 1 aromatic rings. The zero-order valence-electron chi connectivity index (χ0n) is 17.0. The van der Waals surface area contributed by atoms with E-state index < -0.39 is 20.2 Å². The van der Waals surface area contributed by atoms with Crippen molar-refractivity contribution in [3.63, 3.8) is 0 Å². The topological polar surface area (TPSA) is 49.3 Å². The number of carbonyl (C=O) groups is 1. The highest BCUT2D eigenvalue weighted by Gasteiger charge is 2.42. The van der Waals surface area contributed by atoms with E-state index in [4.69, 9.17) is 23.2 Å². The fourth-order valence-electron chi connectivity index (χ4n) is 3.89. The van der Waals surface area contributed by atoms with Crippen LogP contribution in [0.15, 0.2) is 24.3 Å². The van der Waals surface area contributed by atoms with Crippen molar-refractivity contribution in [2.45, 2.75) is 70.3 Å². The number of amides is 1. The van der Waals surface area contributed by atoms with E-state index in [9.17, 15) is 9.90 Å². The third kappa shape index (κ3) is 5.99. The molecular weight excluding hydrogens is 397 g/mol. The molecule has 0 aliphatic heterocycles. The quantitative estimate of drug-likeness (QED) is 0.351. The Morgan fingerprint density at radius 3 is 1.96 bits per heavy atom. The molecule has 0 saturated carbocycles. The van der Waals surface area contributed by atoms with E-state index in [-0.39, 0.29) is 11.8 Å². The van der Waals surface area contributed by atoms with Crippen molar-refractivity contribution in [1.82, 2.24) is 5.32 Å². The van der Waals surface area contributed by atoms with Gasteiger partial charge in [-0.15, -0.1) is 17.1 Å². The molecule has 0 aromatic heterocycles. The molecule has 0 fully saturated rings. The van der Waals surface area contributed by atoms with Crippen LogP contribution in [0.25, 0.3) is 0 Å². The van der Waals surface area contributed by atoms with Crippen LogP contribution in [0.3, 0.4) is 0 Å². The van der Waals surface area contributed by atoms with Gasteiger partial charge in [0.25, 0.3) is 0 Å². The van der Waals surface area contributed by atoms with Gasteiger partial charge in [0.2, 0.25) is 5.91 Å². The molecule has 0 heterocycles. The summed E-state index contributed by atoms with van der Waals surface area (Å²) >= 11 is 11.6. The summed E-state index contributed by atoms with van der Waals surface area (Å²) in [5, 5.41) is 14.2. The summed E-state index contributed by atoms with van der Waals surface area (Å²) < 4.78 is 0. The van der Waals surface area contributed by atoms with Crippen molar-refractivity contribution < 1.29 is 9.90 Å². The van der Waals surface area contributed by atoms with Gasteiger partial charge in [0.1, 0.15) is 26.1 Å². The maximum Gasteiger partial charge on any atom is 0.235 e. The largest absolute Gasteiger partial charge is 0.385 e. The lowest BCUT2D eigenvalue weighted by Gasteiger charge is -2.38. The maximum atomic E-state index is 11.9. The molecule has 2 N–H and O–H groups in total. The molecule has 2 atom stereocenters. The standard InChI is InChI=1S/C21H31Cl2NO2Si/c1-14(2)27(15(3)4,16(5)6)12-11-19(24-20(25)13-22)21(26)17-7-9-18(23)10-8-17/h7-10,14-16,19,21,26H,13H2,1-6H3,(H,24,25)/t19-,21-/m1/s1. The molecule has 0 radical (unpaired) electrons. The molecule has 0 unspecified atom stereocenters. The van der Waals surface area contributed by atoms with Gasteiger partial charge in [0.05, 0.1) is 0 Å². The fourth-order valence-corrected chi connectivity index (χ4v) is 9.37. The third-order valence-corrected chi connectivity index (χ3v) is 12.1. The number of aliphatic hydroxyl groups is 1. The van der Waals surface area contributed by atoms with Gasteiger partial charge in [0.15, 0.2) is 0 Å². The lowest BCUT2D eigenvalue weighted by atomic mass is 10.0. The van der Waals surface area contributed by atoms with Gasteiger partial charge in [-0.1, -0.05) is 71.2 Å². The Balaban J connectivity index is 3.34. The second-order valence-corrected chi connectivity index (χ2v) is 14.1. The van der Waals surface area contributed by atoms with Gasteiger partial charge in [0, 0.05) is 5.02 Å². The van der Waals surface area contributed by atoms with E-state index in [0.717, 1.165) is 0 Å². The summed E-state index contributed by atoms with van der Waals surface area (Å²) in [4.78, 5) is 11.9. The fraction of sp³-hybridized carbons (Fsp3) is 0.571. The Labute approximate surface area is 174 Å². The first-order valence-electron chi connectivity index (χ1n) is 9.37. The molecular formula is C21H31Cl2NO2Si. The van der Waals surface area contributed by atoms with E-state index in [0.29, 0.717) is 27.2 Å². The Morgan fingerprint density at radius 2 is 1.56 bits per heavy atom. The Hall–Kier alpha value is -0.993. The maximum absolute atomic E-state index is 11.9. The van der Waals surface area contributed by atoms with Crippen LogP contribution in [0.4, 0.5) is 0 Å². The highest BCUT2D eigenvalue weighted by atomic mass is 35.5. The van der Waals surface area contributed by atoms with Crippen molar-refractivity contribution in [3.05, 3.63) is 34.9 Å². The summed E-state index contributed by atoms with van der Waals surface area (Å²) in [7, 11) is -1.98. The van der Waals surface area contributed by atoms with Crippen LogP contribution in [0.5, 0.6) is 0 Å². The van der Waals surface area contributed by atoms with E-state index in [1.54, 1.807) is 24.3 Å². The minimum atomic E-state index is -1.98. The van der Waals surface area contributed by atoms with Crippen LogP contribution in [-0.2, 0) is 4.79 Å². The number of alkyl halides is 1. The first-order valence-corrected chi connectivity index (χ1v) is 12.5. The first-order chi connectivity index (χ1) is 12.6. The number of carbonyl (C=O) groups excluding carboxylic acids is 1. The van der Waals surface area contributed by atoms with E-state index in [2.05, 4.69) is 58.3 Å². The Morgan fingerprint density at radius 1 is 1.07 bits per heavy atom. The molecule has 0 saturated heterocycles. The molecule has 1 rings (SSSR count). The molecule has 1 aromatic carbocycles. The summed E-state index contributed by atoms with van der Waals surface area (Å²) in [5.74, 6) is 2.70. The summed E-state index contributed by atoms with van der Waals surface area (Å²) in [5.41, 5.74) is 5.60. The van der Waals surface area contributed by atoms with Gasteiger partial charge < -0.3 is 10.4 Å². The van der Waals surface area contributed by atoms with Crippen LogP contribution in [-0.4, -0.2) is 31.0 Å². The molecule has 0 spiro atoms. The molecule has 3 nitrogen and oxygen atoms in total. The van der Waals surface area contributed by atoms with E-state index in [1.807, 2.05) is 0 Å². The van der Waals surface area contributed by atoms with Gasteiger partial charge in [-0.25, -0.2) is 0 Å². The van der Waals surface area contributed by atoms with E-state index in [1.165, 1.54) is 0 Å². The summed E-state index contributed by atoms with van der Waals surface area (Å²) in [6.45, 7) is 13.4. The summed E-state index contributed by atoms with van der Waals surface area (Å²) in [6, 6.07) is 6.19. The van der Waals surface area contributed by atoms with Crippen molar-refractivity contribution in [1.29, 1.82) is 0 Å². The lowest BCUT2D eigenvalue weighted by molar-refractivity contribution is -0.119. The van der Waals surface area contributed by atoms with Crippen LogP contribution in [0.2, 0.25) is 21.6 Å². The molecule has 0 aliphatic carbocycles. The number of hydrogen-bond acceptors (Lipinski definition) is 2. The predicted molar refractivity (Wildman–Crippen MR) is 118 cm³/mol. The third-order valence-electron chi connectivity index (χ3n) is 5.28. The Kier molecular flexibility index (Phi) is 9.37. The smallest absolute Gasteiger partial charge is 0.235 e. The molecule has 0 bridgehead atoms. The normalized spacial score (nSPS) is 14.1. The number of nitrogens with one attached hydrogen (secondary N) is 1. The van der Waals surface area contributed by atoms with Gasteiger partial charge >= 0.3 is 0 Å². The lowest BCUT2D eigenvalue weighted by Crippen LogP contribution is -2.45. The number of rotatable bonds is 7. The minimum Gasteiger partial charge on any atom is -0.385 e. The molecule has 6 heteroatoms. The van der Waals surface area contributed by atoms with Crippen molar-refractivity contribution in [2.75, 3.05) is 5.88 Å². The van der Waals surface area contributed by atoms with Crippen LogP contribution in [0.1, 0.15) is 53.2 Å². The van der Waals surface area contributed by atoms with Crippen LogP contribution >= 0.6 is 23.2 Å². The average molecular weight is 428 g/mol. The average Bonchev–Trinajstić information content (AvgIpc) is 2.60. The zero-order chi connectivity index (χ0) is 20.8. The SMILES string of the molecule is CC(C)[Si](C#C[C@@H](NC(=O)CCl)[C@H](O)c1ccc(Cl)cc1)(C(C)C)C(C)C. The number of hydrogen-bond donors (Lipinski definition) is 2. The monoisotopic (exact) mass is 427 g/mol. The molecule has 0 aliphatic rings.